The SMILES string of the molecule is CSc1nc(SC)c(CO)c(C)c1C#N. The standard InChI is InChI=1S/C10H12N2OS2/c1-6-7(4-11)9(14-2)12-10(15-3)8(6)5-13/h13H,5H2,1-3H3. The predicted octanol–water partition coefficient (Wildman–Crippen LogP) is 2.20. The monoisotopic (exact) mass is 240 g/mol. The molecule has 15 heavy (non-hydrogen) atoms. The summed E-state index contributed by atoms with van der Waals surface area (Å²) in [5, 5.41) is 19.8. The molecule has 1 heterocycles. The van der Waals surface area contributed by atoms with E-state index in [0.717, 1.165) is 21.2 Å². The van der Waals surface area contributed by atoms with Crippen LogP contribution >= 0.6 is 23.5 Å². The summed E-state index contributed by atoms with van der Waals surface area (Å²) in [6.45, 7) is 1.78. The number of pyridine rings is 1. The maximum Gasteiger partial charge on any atom is 0.115 e. The number of hydrogen-bond acceptors (Lipinski definition) is 5. The van der Waals surface area contributed by atoms with Gasteiger partial charge >= 0.3 is 0 Å². The molecule has 0 amide bonds. The van der Waals surface area contributed by atoms with Gasteiger partial charge in [-0.3, -0.25) is 0 Å². The highest BCUT2D eigenvalue weighted by molar-refractivity contribution is 7.99. The average Bonchev–Trinajstić information content (AvgIpc) is 2.27. The Hall–Kier alpha value is -0.700. The van der Waals surface area contributed by atoms with Crippen LogP contribution in [-0.4, -0.2) is 22.6 Å². The minimum Gasteiger partial charge on any atom is -0.392 e. The zero-order valence-corrected chi connectivity index (χ0v) is 10.5. The van der Waals surface area contributed by atoms with E-state index < -0.39 is 0 Å². The third-order valence-electron chi connectivity index (χ3n) is 2.16. The Kier molecular flexibility index (Phi) is 4.45. The van der Waals surface area contributed by atoms with Gasteiger partial charge in [-0.1, -0.05) is 0 Å². The highest BCUT2D eigenvalue weighted by Gasteiger charge is 2.15. The van der Waals surface area contributed by atoms with Crippen molar-refractivity contribution in [3.63, 3.8) is 0 Å². The molecule has 80 valence electrons. The molecular weight excluding hydrogens is 228 g/mol. The molecule has 1 rings (SSSR count). The first-order valence-corrected chi connectivity index (χ1v) is 6.76. The van der Waals surface area contributed by atoms with E-state index in [4.69, 9.17) is 5.26 Å². The van der Waals surface area contributed by atoms with Gasteiger partial charge in [0, 0.05) is 5.56 Å². The van der Waals surface area contributed by atoms with Crippen molar-refractivity contribution in [2.75, 3.05) is 12.5 Å². The van der Waals surface area contributed by atoms with E-state index in [1.165, 1.54) is 23.5 Å². The van der Waals surface area contributed by atoms with E-state index in [-0.39, 0.29) is 6.61 Å². The van der Waals surface area contributed by atoms with Crippen LogP contribution in [0, 0.1) is 18.3 Å². The van der Waals surface area contributed by atoms with E-state index in [2.05, 4.69) is 11.1 Å². The molecule has 0 saturated heterocycles. The Morgan fingerprint density at radius 1 is 1.33 bits per heavy atom. The Morgan fingerprint density at radius 2 is 1.93 bits per heavy atom. The second-order valence-electron chi connectivity index (χ2n) is 2.88. The summed E-state index contributed by atoms with van der Waals surface area (Å²) in [5.74, 6) is 0. The minimum absolute atomic E-state index is 0.0711. The number of rotatable bonds is 3. The molecule has 0 bridgehead atoms. The lowest BCUT2D eigenvalue weighted by Crippen LogP contribution is -2.01. The fourth-order valence-corrected chi connectivity index (χ4v) is 2.61. The first-order chi connectivity index (χ1) is 7.19. The van der Waals surface area contributed by atoms with Crippen LogP contribution in [0.4, 0.5) is 0 Å². The zero-order valence-electron chi connectivity index (χ0n) is 8.87. The number of aromatic nitrogens is 1. The highest BCUT2D eigenvalue weighted by atomic mass is 32.2. The number of nitrogens with zero attached hydrogens (tertiary/aromatic N) is 2. The molecular formula is C10H12N2OS2. The summed E-state index contributed by atoms with van der Waals surface area (Å²) in [4.78, 5) is 4.36. The minimum atomic E-state index is -0.0711. The molecule has 0 fully saturated rings. The molecule has 5 heteroatoms. The number of nitriles is 1. The van der Waals surface area contributed by atoms with Gasteiger partial charge in [-0.25, -0.2) is 4.98 Å². The molecule has 0 spiro atoms. The van der Waals surface area contributed by atoms with Crippen LogP contribution in [0.1, 0.15) is 16.7 Å². The summed E-state index contributed by atoms with van der Waals surface area (Å²) < 4.78 is 0. The molecule has 0 aliphatic heterocycles. The van der Waals surface area contributed by atoms with Crippen molar-refractivity contribution in [3.05, 3.63) is 16.7 Å². The van der Waals surface area contributed by atoms with E-state index in [1.807, 2.05) is 19.4 Å². The van der Waals surface area contributed by atoms with Crippen LogP contribution in [-0.2, 0) is 6.61 Å². The van der Waals surface area contributed by atoms with Gasteiger partial charge in [-0.15, -0.1) is 23.5 Å². The second kappa shape index (κ2) is 5.40. The first-order valence-electron chi connectivity index (χ1n) is 4.32. The molecule has 0 saturated carbocycles. The van der Waals surface area contributed by atoms with Crippen LogP contribution in [0.15, 0.2) is 10.1 Å². The van der Waals surface area contributed by atoms with E-state index in [0.29, 0.717) is 5.56 Å². The molecule has 3 nitrogen and oxygen atoms in total. The van der Waals surface area contributed by atoms with Gasteiger partial charge in [0.2, 0.25) is 0 Å². The third-order valence-corrected chi connectivity index (χ3v) is 3.57. The molecule has 0 unspecified atom stereocenters. The first kappa shape index (κ1) is 12.4. The summed E-state index contributed by atoms with van der Waals surface area (Å²) in [6, 6.07) is 2.14. The lowest BCUT2D eigenvalue weighted by Gasteiger charge is -2.11. The highest BCUT2D eigenvalue weighted by Crippen LogP contribution is 2.29. The summed E-state index contributed by atoms with van der Waals surface area (Å²) in [7, 11) is 0. The van der Waals surface area contributed by atoms with Gasteiger partial charge in [0.05, 0.1) is 12.2 Å². The van der Waals surface area contributed by atoms with Crippen molar-refractivity contribution in [2.24, 2.45) is 0 Å². The normalized spacial score (nSPS) is 10.1. The number of hydrogen-bond donors (Lipinski definition) is 1. The number of aliphatic hydroxyl groups is 1. The van der Waals surface area contributed by atoms with Crippen LogP contribution in [0.2, 0.25) is 0 Å². The molecule has 1 aromatic heterocycles. The van der Waals surface area contributed by atoms with Crippen LogP contribution in [0.3, 0.4) is 0 Å². The van der Waals surface area contributed by atoms with Gasteiger partial charge in [0.1, 0.15) is 16.1 Å². The molecule has 0 radical (unpaired) electrons. The molecule has 0 atom stereocenters. The zero-order chi connectivity index (χ0) is 11.4. The van der Waals surface area contributed by atoms with Crippen LogP contribution < -0.4 is 0 Å². The molecule has 1 N–H and O–H groups in total. The maximum absolute atomic E-state index is 9.24. The van der Waals surface area contributed by atoms with Crippen molar-refractivity contribution in [1.82, 2.24) is 4.98 Å². The predicted molar refractivity (Wildman–Crippen MR) is 63.2 cm³/mol. The third kappa shape index (κ3) is 2.28. The fraction of sp³-hybridized carbons (Fsp3) is 0.400. The Morgan fingerprint density at radius 3 is 2.33 bits per heavy atom. The Labute approximate surface area is 97.9 Å². The Balaban J connectivity index is 3.50. The summed E-state index contributed by atoms with van der Waals surface area (Å²) >= 11 is 2.94. The second-order valence-corrected chi connectivity index (χ2v) is 4.47. The summed E-state index contributed by atoms with van der Waals surface area (Å²) in [6.07, 6.45) is 3.81. The molecule has 0 aromatic carbocycles. The van der Waals surface area contributed by atoms with Gasteiger partial charge in [-0.2, -0.15) is 5.26 Å². The van der Waals surface area contributed by atoms with Gasteiger partial charge in [0.15, 0.2) is 0 Å². The van der Waals surface area contributed by atoms with Crippen molar-refractivity contribution >= 4 is 23.5 Å². The van der Waals surface area contributed by atoms with E-state index in [1.54, 1.807) is 0 Å². The maximum atomic E-state index is 9.24. The quantitative estimate of drug-likeness (QED) is 0.821. The lowest BCUT2D eigenvalue weighted by atomic mass is 10.1. The van der Waals surface area contributed by atoms with E-state index >= 15 is 0 Å². The van der Waals surface area contributed by atoms with Gasteiger partial charge < -0.3 is 5.11 Å². The average molecular weight is 240 g/mol. The smallest absolute Gasteiger partial charge is 0.115 e. The fourth-order valence-electron chi connectivity index (χ4n) is 1.32. The largest absolute Gasteiger partial charge is 0.392 e. The number of aliphatic hydroxyl groups excluding tert-OH is 1. The topological polar surface area (TPSA) is 56.9 Å². The van der Waals surface area contributed by atoms with E-state index in [9.17, 15) is 5.11 Å². The van der Waals surface area contributed by atoms with Crippen molar-refractivity contribution in [3.8, 4) is 6.07 Å². The van der Waals surface area contributed by atoms with Crippen LogP contribution in [0.25, 0.3) is 0 Å². The van der Waals surface area contributed by atoms with Crippen molar-refractivity contribution < 1.29 is 5.11 Å². The Bertz CT molecular complexity index is 413. The summed E-state index contributed by atoms with van der Waals surface area (Å²) in [5.41, 5.74) is 2.17. The van der Waals surface area contributed by atoms with Gasteiger partial charge in [0.25, 0.3) is 0 Å². The lowest BCUT2D eigenvalue weighted by molar-refractivity contribution is 0.276. The molecule has 0 aliphatic carbocycles. The van der Waals surface area contributed by atoms with Crippen LogP contribution in [0.5, 0.6) is 0 Å². The number of thioether (sulfide) groups is 2. The van der Waals surface area contributed by atoms with Crippen molar-refractivity contribution in [1.29, 1.82) is 5.26 Å². The van der Waals surface area contributed by atoms with Gasteiger partial charge in [-0.05, 0) is 25.0 Å². The molecule has 0 aliphatic rings. The molecule has 1 aromatic rings. The van der Waals surface area contributed by atoms with Crippen molar-refractivity contribution in [2.45, 2.75) is 23.6 Å².